The first kappa shape index (κ1) is 35.9. The van der Waals surface area contributed by atoms with Crippen molar-refractivity contribution >= 4 is 53.4 Å². The first-order chi connectivity index (χ1) is 30.7. The summed E-state index contributed by atoms with van der Waals surface area (Å²) in [5, 5.41) is 4.51. The summed E-state index contributed by atoms with van der Waals surface area (Å²) in [5.41, 5.74) is 13.7. The second-order valence-corrected chi connectivity index (χ2v) is 16.6. The van der Waals surface area contributed by atoms with Crippen molar-refractivity contribution in [1.82, 2.24) is 15.0 Å². The van der Waals surface area contributed by atoms with E-state index in [4.69, 9.17) is 19.4 Å². The van der Waals surface area contributed by atoms with Gasteiger partial charge >= 0.3 is 0 Å². The molecule has 0 bridgehead atoms. The predicted molar refractivity (Wildman–Crippen MR) is 258 cm³/mol. The molecule has 0 aliphatic heterocycles. The third-order valence-corrected chi connectivity index (χ3v) is 12.9. The van der Waals surface area contributed by atoms with Gasteiger partial charge in [0.05, 0.1) is 0 Å². The Kier molecular flexibility index (Phi) is 8.65. The highest BCUT2D eigenvalue weighted by Gasteiger charge is 2.20. The van der Waals surface area contributed by atoms with Crippen LogP contribution in [0.5, 0.6) is 0 Å². The Morgan fingerprint density at radius 1 is 0.306 bits per heavy atom. The topological polar surface area (TPSA) is 51.8 Å². The molecule has 0 aliphatic carbocycles. The van der Waals surface area contributed by atoms with Crippen molar-refractivity contribution in [3.8, 4) is 78.7 Å². The van der Waals surface area contributed by atoms with Crippen molar-refractivity contribution < 1.29 is 4.42 Å². The minimum Gasteiger partial charge on any atom is -0.456 e. The molecule has 0 amide bonds. The standard InChI is InChI=1S/C57H35N3OS/c1-4-15-36(16-5-1)42-32-43(37-17-6-2-7-18-37)34-44(33-42)39-21-14-22-40(31-39)55-58-56(41-27-30-51-49(35-41)46-23-10-12-25-50(46)61-51)60-57(59-55)48-29-28-45(38-19-8-3-9-20-38)53-47-24-11-13-26-52(47)62-54(48)53/h1-35H. The first-order valence-corrected chi connectivity index (χ1v) is 21.6. The van der Waals surface area contributed by atoms with Gasteiger partial charge in [-0.05, 0) is 105 Å². The third kappa shape index (κ3) is 6.35. The molecule has 3 aromatic heterocycles. The van der Waals surface area contributed by atoms with Crippen LogP contribution in [0.2, 0.25) is 0 Å². The monoisotopic (exact) mass is 809 g/mol. The second kappa shape index (κ2) is 14.9. The summed E-state index contributed by atoms with van der Waals surface area (Å²) >= 11 is 1.79. The van der Waals surface area contributed by atoms with Crippen molar-refractivity contribution in [2.24, 2.45) is 0 Å². The Balaban J connectivity index is 1.07. The van der Waals surface area contributed by atoms with Gasteiger partial charge in [-0.1, -0.05) is 152 Å². The molecule has 5 heteroatoms. The Labute approximate surface area is 362 Å². The lowest BCUT2D eigenvalue weighted by atomic mass is 9.93. The van der Waals surface area contributed by atoms with Crippen LogP contribution in [0.3, 0.4) is 0 Å². The van der Waals surface area contributed by atoms with Crippen molar-refractivity contribution in [1.29, 1.82) is 0 Å². The summed E-state index contributed by atoms with van der Waals surface area (Å²) in [6, 6.07) is 74.7. The molecule has 0 saturated heterocycles. The zero-order valence-electron chi connectivity index (χ0n) is 33.4. The van der Waals surface area contributed by atoms with Crippen molar-refractivity contribution in [3.05, 3.63) is 212 Å². The number of rotatable bonds is 7. The van der Waals surface area contributed by atoms with E-state index in [2.05, 4.69) is 188 Å². The van der Waals surface area contributed by atoms with Gasteiger partial charge in [0.15, 0.2) is 17.5 Å². The average molecular weight is 810 g/mol. The van der Waals surface area contributed by atoms with E-state index in [9.17, 15) is 0 Å². The van der Waals surface area contributed by atoms with Crippen LogP contribution in [0.25, 0.3) is 121 Å². The zero-order chi connectivity index (χ0) is 41.0. The van der Waals surface area contributed by atoms with Crippen LogP contribution in [0.1, 0.15) is 0 Å². The molecule has 290 valence electrons. The number of furan rings is 1. The fourth-order valence-corrected chi connectivity index (χ4v) is 9.95. The van der Waals surface area contributed by atoms with E-state index in [0.29, 0.717) is 17.5 Å². The van der Waals surface area contributed by atoms with Crippen LogP contribution in [-0.4, -0.2) is 15.0 Å². The van der Waals surface area contributed by atoms with Crippen molar-refractivity contribution in [2.75, 3.05) is 0 Å². The van der Waals surface area contributed by atoms with E-state index in [1.54, 1.807) is 11.3 Å². The van der Waals surface area contributed by atoms with Crippen LogP contribution in [-0.2, 0) is 0 Å². The Bertz CT molecular complexity index is 3570. The maximum absolute atomic E-state index is 6.23. The maximum Gasteiger partial charge on any atom is 0.165 e. The van der Waals surface area contributed by atoms with Crippen molar-refractivity contribution in [3.63, 3.8) is 0 Å². The van der Waals surface area contributed by atoms with Crippen LogP contribution in [0.15, 0.2) is 217 Å². The van der Waals surface area contributed by atoms with Gasteiger partial charge in [-0.3, -0.25) is 0 Å². The number of hydrogen-bond donors (Lipinski definition) is 0. The molecule has 62 heavy (non-hydrogen) atoms. The quantitative estimate of drug-likeness (QED) is 0.161. The van der Waals surface area contributed by atoms with Crippen LogP contribution < -0.4 is 0 Å². The summed E-state index contributed by atoms with van der Waals surface area (Å²) in [6.45, 7) is 0. The summed E-state index contributed by atoms with van der Waals surface area (Å²) < 4.78 is 8.60. The molecular formula is C57H35N3OS. The second-order valence-electron chi connectivity index (χ2n) is 15.6. The lowest BCUT2D eigenvalue weighted by Crippen LogP contribution is -2.00. The highest BCUT2D eigenvalue weighted by molar-refractivity contribution is 7.26. The van der Waals surface area contributed by atoms with E-state index >= 15 is 0 Å². The SMILES string of the molecule is c1ccc(-c2cc(-c3ccccc3)cc(-c3cccc(-c4nc(-c5ccc6oc7ccccc7c6c5)nc(-c5ccc(-c6ccccc6)c6c5sc5ccccc56)n4)c3)c2)cc1. The van der Waals surface area contributed by atoms with E-state index in [0.717, 1.165) is 65.6 Å². The van der Waals surface area contributed by atoms with E-state index in [1.807, 2.05) is 24.3 Å². The number of nitrogens with zero attached hydrogens (tertiary/aromatic N) is 3. The van der Waals surface area contributed by atoms with Gasteiger partial charge in [-0.25, -0.2) is 15.0 Å². The number of para-hydroxylation sites is 1. The van der Waals surface area contributed by atoms with E-state index in [1.165, 1.54) is 37.7 Å². The van der Waals surface area contributed by atoms with Crippen LogP contribution >= 0.6 is 11.3 Å². The number of fused-ring (bicyclic) bond motifs is 6. The smallest absolute Gasteiger partial charge is 0.165 e. The molecule has 0 aliphatic rings. The molecule has 0 N–H and O–H groups in total. The largest absolute Gasteiger partial charge is 0.456 e. The van der Waals surface area contributed by atoms with Crippen LogP contribution in [0.4, 0.5) is 0 Å². The minimum absolute atomic E-state index is 0.599. The maximum atomic E-state index is 6.23. The molecule has 12 rings (SSSR count). The van der Waals surface area contributed by atoms with E-state index in [-0.39, 0.29) is 0 Å². The number of hydrogen-bond acceptors (Lipinski definition) is 5. The molecule has 0 radical (unpaired) electrons. The highest BCUT2D eigenvalue weighted by Crippen LogP contribution is 2.45. The van der Waals surface area contributed by atoms with Gasteiger partial charge in [-0.2, -0.15) is 0 Å². The Morgan fingerprint density at radius 2 is 0.806 bits per heavy atom. The zero-order valence-corrected chi connectivity index (χ0v) is 34.2. The molecule has 9 aromatic carbocycles. The lowest BCUT2D eigenvalue weighted by molar-refractivity contribution is 0.669. The van der Waals surface area contributed by atoms with Gasteiger partial charge in [0.25, 0.3) is 0 Å². The normalized spacial score (nSPS) is 11.5. The molecular weight excluding hydrogens is 775 g/mol. The van der Waals surface area contributed by atoms with Crippen LogP contribution in [0, 0.1) is 0 Å². The first-order valence-electron chi connectivity index (χ1n) is 20.7. The average Bonchev–Trinajstić information content (AvgIpc) is 3.93. The molecule has 0 saturated carbocycles. The third-order valence-electron chi connectivity index (χ3n) is 11.7. The number of benzene rings is 9. The van der Waals surface area contributed by atoms with Gasteiger partial charge < -0.3 is 4.42 Å². The fraction of sp³-hybridized carbons (Fsp3) is 0. The molecule has 0 spiro atoms. The Morgan fingerprint density at radius 3 is 1.52 bits per heavy atom. The Hall–Kier alpha value is -7.99. The molecule has 0 atom stereocenters. The number of aromatic nitrogens is 3. The summed E-state index contributed by atoms with van der Waals surface area (Å²) in [7, 11) is 0. The molecule has 3 heterocycles. The van der Waals surface area contributed by atoms with Gasteiger partial charge in [0.1, 0.15) is 11.2 Å². The van der Waals surface area contributed by atoms with E-state index < -0.39 is 0 Å². The fourth-order valence-electron chi connectivity index (χ4n) is 8.71. The minimum atomic E-state index is 0.599. The summed E-state index contributed by atoms with van der Waals surface area (Å²) in [4.78, 5) is 15.9. The van der Waals surface area contributed by atoms with Crippen molar-refractivity contribution in [2.45, 2.75) is 0 Å². The molecule has 4 nitrogen and oxygen atoms in total. The van der Waals surface area contributed by atoms with Gasteiger partial charge in [0, 0.05) is 47.6 Å². The highest BCUT2D eigenvalue weighted by atomic mass is 32.1. The molecule has 0 unspecified atom stereocenters. The number of thiophene rings is 1. The van der Waals surface area contributed by atoms with Gasteiger partial charge in [0.2, 0.25) is 0 Å². The predicted octanol–water partition coefficient (Wildman–Crippen LogP) is 15.8. The lowest BCUT2D eigenvalue weighted by Gasteiger charge is -2.13. The molecule has 12 aromatic rings. The van der Waals surface area contributed by atoms with Gasteiger partial charge in [-0.15, -0.1) is 11.3 Å². The summed E-state index contributed by atoms with van der Waals surface area (Å²) in [5.74, 6) is 1.83. The molecule has 0 fully saturated rings. The summed E-state index contributed by atoms with van der Waals surface area (Å²) in [6.07, 6.45) is 0.